The molecule has 21 heavy (non-hydrogen) atoms. The zero-order chi connectivity index (χ0) is 15.4. The standard InChI is InChI=1S/C13H11N3O4S/c1-21-9-5-2-8(3-6-9)4-7-10-11(16(19)20)12(17)15-13(18)14-10/h2-7H,1H3,(H2,14,15,17,18)/b7-4+. The quantitative estimate of drug-likeness (QED) is 0.509. The van der Waals surface area contributed by atoms with Gasteiger partial charge in [-0.25, -0.2) is 4.79 Å². The summed E-state index contributed by atoms with van der Waals surface area (Å²) in [5, 5.41) is 10.9. The summed E-state index contributed by atoms with van der Waals surface area (Å²) in [6.45, 7) is 0. The minimum absolute atomic E-state index is 0.136. The molecule has 0 amide bonds. The maximum atomic E-state index is 11.4. The molecule has 0 radical (unpaired) electrons. The fourth-order valence-electron chi connectivity index (χ4n) is 1.69. The summed E-state index contributed by atoms with van der Waals surface area (Å²) in [6, 6.07) is 7.47. The van der Waals surface area contributed by atoms with E-state index in [0.29, 0.717) is 0 Å². The summed E-state index contributed by atoms with van der Waals surface area (Å²) in [7, 11) is 0. The molecule has 2 N–H and O–H groups in total. The summed E-state index contributed by atoms with van der Waals surface area (Å²) < 4.78 is 0. The van der Waals surface area contributed by atoms with E-state index in [1.54, 1.807) is 17.8 Å². The second kappa shape index (κ2) is 6.23. The van der Waals surface area contributed by atoms with Gasteiger partial charge in [-0.3, -0.25) is 19.9 Å². The molecule has 2 aromatic rings. The Morgan fingerprint density at radius 3 is 2.38 bits per heavy atom. The minimum atomic E-state index is -1.03. The number of thioether (sulfide) groups is 1. The molecule has 0 spiro atoms. The van der Waals surface area contributed by atoms with Crippen LogP contribution in [0.5, 0.6) is 0 Å². The lowest BCUT2D eigenvalue weighted by Crippen LogP contribution is -2.25. The van der Waals surface area contributed by atoms with Crippen molar-refractivity contribution in [1.82, 2.24) is 9.97 Å². The molecule has 7 nitrogen and oxygen atoms in total. The van der Waals surface area contributed by atoms with Crippen molar-refractivity contribution in [3.63, 3.8) is 0 Å². The Labute approximate surface area is 122 Å². The van der Waals surface area contributed by atoms with E-state index in [-0.39, 0.29) is 5.69 Å². The van der Waals surface area contributed by atoms with E-state index in [0.717, 1.165) is 10.5 Å². The molecule has 108 valence electrons. The van der Waals surface area contributed by atoms with Gasteiger partial charge in [0.15, 0.2) is 0 Å². The van der Waals surface area contributed by atoms with E-state index in [9.17, 15) is 19.7 Å². The first-order valence-electron chi connectivity index (χ1n) is 5.84. The van der Waals surface area contributed by atoms with Gasteiger partial charge in [0.05, 0.1) is 4.92 Å². The van der Waals surface area contributed by atoms with Crippen LogP contribution in [0.15, 0.2) is 38.8 Å². The highest BCUT2D eigenvalue weighted by molar-refractivity contribution is 7.98. The van der Waals surface area contributed by atoms with Crippen LogP contribution >= 0.6 is 11.8 Å². The Hall–Kier alpha value is -2.61. The maximum Gasteiger partial charge on any atom is 0.357 e. The van der Waals surface area contributed by atoms with Gasteiger partial charge in [-0.2, -0.15) is 0 Å². The average Bonchev–Trinajstić information content (AvgIpc) is 2.44. The van der Waals surface area contributed by atoms with Crippen LogP contribution in [0.25, 0.3) is 12.2 Å². The smallest absolute Gasteiger partial charge is 0.301 e. The number of rotatable bonds is 4. The van der Waals surface area contributed by atoms with Gasteiger partial charge in [-0.1, -0.05) is 18.2 Å². The van der Waals surface area contributed by atoms with Crippen molar-refractivity contribution >= 4 is 29.6 Å². The van der Waals surface area contributed by atoms with E-state index < -0.39 is 21.9 Å². The van der Waals surface area contributed by atoms with Gasteiger partial charge in [0.1, 0.15) is 5.69 Å². The molecule has 8 heteroatoms. The van der Waals surface area contributed by atoms with Crippen molar-refractivity contribution in [1.29, 1.82) is 0 Å². The van der Waals surface area contributed by atoms with Crippen LogP contribution in [0.2, 0.25) is 0 Å². The molecule has 0 saturated carbocycles. The number of aromatic nitrogens is 2. The van der Waals surface area contributed by atoms with Gasteiger partial charge in [-0.05, 0) is 30.0 Å². The van der Waals surface area contributed by atoms with Crippen LogP contribution in [0.1, 0.15) is 11.3 Å². The summed E-state index contributed by atoms with van der Waals surface area (Å²) in [5.74, 6) is 0. The number of H-pyrrole nitrogens is 2. The van der Waals surface area contributed by atoms with E-state index in [2.05, 4.69) is 4.98 Å². The van der Waals surface area contributed by atoms with Crippen LogP contribution in [-0.2, 0) is 0 Å². The molecule has 0 fully saturated rings. The molecule has 1 aromatic heterocycles. The third-order valence-corrected chi connectivity index (χ3v) is 3.43. The van der Waals surface area contributed by atoms with Gasteiger partial charge in [0, 0.05) is 4.90 Å². The molecule has 1 heterocycles. The number of aromatic amines is 2. The number of nitro groups is 1. The van der Waals surface area contributed by atoms with Crippen LogP contribution < -0.4 is 11.2 Å². The Bertz CT molecular complexity index is 805. The van der Waals surface area contributed by atoms with Crippen molar-refractivity contribution in [3.8, 4) is 0 Å². The fourth-order valence-corrected chi connectivity index (χ4v) is 2.10. The molecular formula is C13H11N3O4S. The summed E-state index contributed by atoms with van der Waals surface area (Å²) >= 11 is 1.60. The average molecular weight is 305 g/mol. The molecule has 0 bridgehead atoms. The first-order chi connectivity index (χ1) is 10.0. The second-order valence-corrected chi connectivity index (χ2v) is 4.91. The van der Waals surface area contributed by atoms with Gasteiger partial charge < -0.3 is 4.98 Å². The third-order valence-electron chi connectivity index (χ3n) is 2.69. The monoisotopic (exact) mass is 305 g/mol. The van der Waals surface area contributed by atoms with E-state index in [4.69, 9.17) is 0 Å². The summed E-state index contributed by atoms with van der Waals surface area (Å²) in [5.41, 5.74) is -1.85. The highest BCUT2D eigenvalue weighted by Gasteiger charge is 2.18. The van der Waals surface area contributed by atoms with Crippen molar-refractivity contribution in [2.45, 2.75) is 4.90 Å². The van der Waals surface area contributed by atoms with Crippen LogP contribution in [0.4, 0.5) is 5.69 Å². The first kappa shape index (κ1) is 14.8. The molecule has 0 unspecified atom stereocenters. The second-order valence-electron chi connectivity index (χ2n) is 4.03. The van der Waals surface area contributed by atoms with E-state index >= 15 is 0 Å². The molecule has 2 rings (SSSR count). The molecule has 0 aliphatic heterocycles. The third kappa shape index (κ3) is 3.48. The molecular weight excluding hydrogens is 294 g/mol. The topological polar surface area (TPSA) is 109 Å². The number of nitrogens with zero attached hydrogens (tertiary/aromatic N) is 1. The van der Waals surface area contributed by atoms with Gasteiger partial charge >= 0.3 is 16.9 Å². The highest BCUT2D eigenvalue weighted by Crippen LogP contribution is 2.17. The van der Waals surface area contributed by atoms with Crippen LogP contribution in [-0.4, -0.2) is 21.1 Å². The highest BCUT2D eigenvalue weighted by atomic mass is 32.2. The van der Waals surface area contributed by atoms with Gasteiger partial charge in [0.25, 0.3) is 0 Å². The zero-order valence-corrected chi connectivity index (χ0v) is 11.8. The Kier molecular flexibility index (Phi) is 4.39. The summed E-state index contributed by atoms with van der Waals surface area (Å²) in [4.78, 5) is 37.9. The van der Waals surface area contributed by atoms with Crippen molar-refractivity contribution < 1.29 is 4.92 Å². The molecule has 0 saturated heterocycles. The molecule has 0 aliphatic rings. The predicted octanol–water partition coefficient (Wildman–Crippen LogP) is 1.86. The number of hydrogen-bond donors (Lipinski definition) is 2. The predicted molar refractivity (Wildman–Crippen MR) is 81.5 cm³/mol. The van der Waals surface area contributed by atoms with Gasteiger partial charge in [-0.15, -0.1) is 11.8 Å². The first-order valence-corrected chi connectivity index (χ1v) is 7.07. The Morgan fingerprint density at radius 2 is 1.81 bits per heavy atom. The Morgan fingerprint density at radius 1 is 1.14 bits per heavy atom. The molecule has 1 aromatic carbocycles. The SMILES string of the molecule is CSc1ccc(/C=C/c2[nH]c(=O)[nH]c(=O)c2[N+](=O)[O-])cc1. The number of nitrogens with one attached hydrogen (secondary N) is 2. The van der Waals surface area contributed by atoms with Crippen LogP contribution in [0, 0.1) is 10.1 Å². The van der Waals surface area contributed by atoms with Crippen molar-refractivity contribution in [2.75, 3.05) is 6.26 Å². The Balaban J connectivity index is 2.42. The largest absolute Gasteiger partial charge is 0.357 e. The normalized spacial score (nSPS) is 10.9. The number of benzene rings is 1. The van der Waals surface area contributed by atoms with E-state index in [1.165, 1.54) is 6.08 Å². The minimum Gasteiger partial charge on any atom is -0.301 e. The van der Waals surface area contributed by atoms with Crippen LogP contribution in [0.3, 0.4) is 0 Å². The number of hydrogen-bond acceptors (Lipinski definition) is 5. The lowest BCUT2D eigenvalue weighted by atomic mass is 10.2. The lowest BCUT2D eigenvalue weighted by Gasteiger charge is -1.98. The molecule has 0 aliphatic carbocycles. The van der Waals surface area contributed by atoms with Crippen molar-refractivity contribution in [3.05, 3.63) is 66.5 Å². The summed E-state index contributed by atoms with van der Waals surface area (Å²) in [6.07, 6.45) is 4.87. The lowest BCUT2D eigenvalue weighted by molar-refractivity contribution is -0.386. The zero-order valence-electron chi connectivity index (χ0n) is 11.0. The van der Waals surface area contributed by atoms with Crippen molar-refractivity contribution in [2.24, 2.45) is 0 Å². The molecule has 0 atom stereocenters. The fraction of sp³-hybridized carbons (Fsp3) is 0.0769. The van der Waals surface area contributed by atoms with E-state index in [1.807, 2.05) is 35.5 Å². The van der Waals surface area contributed by atoms with Gasteiger partial charge in [0.2, 0.25) is 0 Å². The maximum absolute atomic E-state index is 11.4.